The van der Waals surface area contributed by atoms with Gasteiger partial charge >= 0.3 is 0 Å². The fraction of sp³-hybridized carbons (Fsp3) is 0.278. The number of aryl methyl sites for hydroxylation is 1. The van der Waals surface area contributed by atoms with E-state index in [0.717, 1.165) is 21.5 Å². The molecule has 0 bridgehead atoms. The van der Waals surface area contributed by atoms with E-state index >= 15 is 0 Å². The molecule has 1 saturated heterocycles. The molecular weight excluding hydrogens is 393 g/mol. The Morgan fingerprint density at radius 3 is 2.48 bits per heavy atom. The highest BCUT2D eigenvalue weighted by atomic mass is 35.5. The zero-order valence-corrected chi connectivity index (χ0v) is 16.2. The molecule has 1 heterocycles. The largest absolute Gasteiger partial charge is 0.325 e. The molecular formula is C18H19ClFN3O3S. The maximum absolute atomic E-state index is 13.2. The first-order valence-electron chi connectivity index (χ1n) is 8.31. The molecule has 2 aromatic rings. The van der Waals surface area contributed by atoms with E-state index < -0.39 is 21.9 Å². The molecule has 9 heteroatoms. The molecule has 0 radical (unpaired) electrons. The molecule has 27 heavy (non-hydrogen) atoms. The zero-order chi connectivity index (χ0) is 19.6. The van der Waals surface area contributed by atoms with Crippen LogP contribution in [0.5, 0.6) is 0 Å². The number of benzene rings is 2. The minimum Gasteiger partial charge on any atom is -0.325 e. The van der Waals surface area contributed by atoms with Gasteiger partial charge in [-0.05, 0) is 30.7 Å². The zero-order valence-electron chi connectivity index (χ0n) is 14.7. The highest BCUT2D eigenvalue weighted by Crippen LogP contribution is 2.21. The molecule has 3 rings (SSSR count). The number of hydrogen-bond acceptors (Lipinski definition) is 3. The quantitative estimate of drug-likeness (QED) is 0.822. The van der Waals surface area contributed by atoms with E-state index in [1.807, 2.05) is 31.2 Å². The van der Waals surface area contributed by atoms with Crippen LogP contribution in [-0.4, -0.2) is 42.6 Å². The van der Waals surface area contributed by atoms with Crippen LogP contribution in [0.15, 0.2) is 42.5 Å². The van der Waals surface area contributed by atoms with Crippen LogP contribution in [0.4, 0.5) is 10.1 Å². The van der Waals surface area contributed by atoms with Gasteiger partial charge < -0.3 is 5.32 Å². The van der Waals surface area contributed by atoms with Crippen LogP contribution in [0.3, 0.4) is 0 Å². The molecule has 0 spiro atoms. The van der Waals surface area contributed by atoms with Crippen LogP contribution in [-0.2, 0) is 21.5 Å². The van der Waals surface area contributed by atoms with Crippen molar-refractivity contribution in [1.29, 1.82) is 0 Å². The highest BCUT2D eigenvalue weighted by Gasteiger charge is 2.37. The van der Waals surface area contributed by atoms with Gasteiger partial charge in [0.15, 0.2) is 0 Å². The van der Waals surface area contributed by atoms with Crippen molar-refractivity contribution in [3.8, 4) is 0 Å². The van der Waals surface area contributed by atoms with Crippen LogP contribution < -0.4 is 5.32 Å². The SMILES string of the molecule is Cc1ccc(CN2CCN(CC(=O)Nc3ccc(F)c(Cl)c3)S2(=O)=O)cc1. The van der Waals surface area contributed by atoms with E-state index in [9.17, 15) is 17.6 Å². The Hall–Kier alpha value is -2.00. The third-order valence-corrected chi connectivity index (χ3v) is 6.47. The molecule has 0 aliphatic carbocycles. The molecule has 1 N–H and O–H groups in total. The molecule has 0 aromatic heterocycles. The van der Waals surface area contributed by atoms with Gasteiger partial charge in [-0.3, -0.25) is 4.79 Å². The Kier molecular flexibility index (Phi) is 5.81. The molecule has 2 aromatic carbocycles. The normalized spacial score (nSPS) is 17.1. The smallest absolute Gasteiger partial charge is 0.282 e. The van der Waals surface area contributed by atoms with Crippen LogP contribution in [0, 0.1) is 12.7 Å². The van der Waals surface area contributed by atoms with Gasteiger partial charge in [-0.15, -0.1) is 0 Å². The Labute approximate surface area is 162 Å². The summed E-state index contributed by atoms with van der Waals surface area (Å²) in [7, 11) is -3.72. The second-order valence-electron chi connectivity index (χ2n) is 6.34. The number of hydrogen-bond donors (Lipinski definition) is 1. The summed E-state index contributed by atoms with van der Waals surface area (Å²) >= 11 is 5.68. The Bertz CT molecular complexity index is 951. The molecule has 0 saturated carbocycles. The van der Waals surface area contributed by atoms with Gasteiger partial charge in [0.25, 0.3) is 10.2 Å². The number of anilines is 1. The monoisotopic (exact) mass is 411 g/mol. The van der Waals surface area contributed by atoms with Gasteiger partial charge in [-0.25, -0.2) is 4.39 Å². The Morgan fingerprint density at radius 1 is 1.15 bits per heavy atom. The van der Waals surface area contributed by atoms with Crippen LogP contribution in [0.25, 0.3) is 0 Å². The van der Waals surface area contributed by atoms with Gasteiger partial charge in [-0.1, -0.05) is 41.4 Å². The predicted octanol–water partition coefficient (Wildman–Crippen LogP) is 2.79. The van der Waals surface area contributed by atoms with Crippen molar-refractivity contribution in [3.05, 3.63) is 64.4 Å². The standard InChI is InChI=1S/C18H19ClFN3O3S/c1-13-2-4-14(5-3-13)11-22-8-9-23(27(22,25)26)12-18(24)21-15-6-7-17(20)16(19)10-15/h2-7,10H,8-9,11-12H2,1H3,(H,21,24). The van der Waals surface area contributed by atoms with Gasteiger partial charge in [0, 0.05) is 25.3 Å². The number of nitrogens with one attached hydrogen (secondary N) is 1. The summed E-state index contributed by atoms with van der Waals surface area (Å²) in [4.78, 5) is 12.2. The van der Waals surface area contributed by atoms with Crippen molar-refractivity contribution in [1.82, 2.24) is 8.61 Å². The Morgan fingerprint density at radius 2 is 1.81 bits per heavy atom. The second kappa shape index (κ2) is 7.93. The lowest BCUT2D eigenvalue weighted by molar-refractivity contribution is -0.116. The van der Waals surface area contributed by atoms with Gasteiger partial charge in [0.1, 0.15) is 5.82 Å². The maximum Gasteiger partial charge on any atom is 0.282 e. The fourth-order valence-electron chi connectivity index (χ4n) is 2.77. The van der Waals surface area contributed by atoms with Crippen molar-refractivity contribution in [2.24, 2.45) is 0 Å². The molecule has 0 atom stereocenters. The lowest BCUT2D eigenvalue weighted by Gasteiger charge is -2.18. The molecule has 0 unspecified atom stereocenters. The van der Waals surface area contributed by atoms with Gasteiger partial charge in [-0.2, -0.15) is 17.0 Å². The van der Waals surface area contributed by atoms with E-state index in [-0.39, 0.29) is 24.7 Å². The number of rotatable bonds is 5. The summed E-state index contributed by atoms with van der Waals surface area (Å²) in [6, 6.07) is 11.4. The van der Waals surface area contributed by atoms with Crippen LogP contribution in [0.1, 0.15) is 11.1 Å². The van der Waals surface area contributed by atoms with E-state index in [4.69, 9.17) is 11.6 Å². The minimum absolute atomic E-state index is 0.120. The summed E-state index contributed by atoms with van der Waals surface area (Å²) in [5, 5.41) is 2.41. The third-order valence-electron chi connectivity index (χ3n) is 4.25. The number of nitrogens with zero attached hydrogens (tertiary/aromatic N) is 2. The molecule has 144 valence electrons. The topological polar surface area (TPSA) is 69.7 Å². The summed E-state index contributed by atoms with van der Waals surface area (Å²) in [5.41, 5.74) is 2.29. The van der Waals surface area contributed by atoms with E-state index in [1.165, 1.54) is 16.4 Å². The second-order valence-corrected chi connectivity index (χ2v) is 8.67. The minimum atomic E-state index is -3.72. The maximum atomic E-state index is 13.2. The summed E-state index contributed by atoms with van der Waals surface area (Å²) < 4.78 is 40.9. The first-order valence-corrected chi connectivity index (χ1v) is 10.1. The van der Waals surface area contributed by atoms with E-state index in [2.05, 4.69) is 5.32 Å². The van der Waals surface area contributed by atoms with Crippen LogP contribution in [0.2, 0.25) is 5.02 Å². The average molecular weight is 412 g/mol. The van der Waals surface area contributed by atoms with Crippen molar-refractivity contribution >= 4 is 33.4 Å². The number of carbonyl (C=O) groups is 1. The number of carbonyl (C=O) groups excluding carboxylic acids is 1. The third kappa shape index (κ3) is 4.65. The first-order chi connectivity index (χ1) is 12.8. The van der Waals surface area contributed by atoms with Crippen molar-refractivity contribution in [2.75, 3.05) is 25.0 Å². The highest BCUT2D eigenvalue weighted by molar-refractivity contribution is 7.87. The van der Waals surface area contributed by atoms with Crippen molar-refractivity contribution < 1.29 is 17.6 Å². The van der Waals surface area contributed by atoms with Crippen molar-refractivity contribution in [2.45, 2.75) is 13.5 Å². The molecule has 1 amide bonds. The lowest BCUT2D eigenvalue weighted by Crippen LogP contribution is -2.37. The number of halogens is 2. The van der Waals surface area contributed by atoms with E-state index in [1.54, 1.807) is 0 Å². The average Bonchev–Trinajstić information content (AvgIpc) is 2.87. The van der Waals surface area contributed by atoms with E-state index in [0.29, 0.717) is 12.2 Å². The summed E-state index contributed by atoms with van der Waals surface area (Å²) in [5.74, 6) is -1.11. The summed E-state index contributed by atoms with van der Waals surface area (Å²) in [6.07, 6.45) is 0. The lowest BCUT2D eigenvalue weighted by atomic mass is 10.1. The van der Waals surface area contributed by atoms with Gasteiger partial charge in [0.2, 0.25) is 5.91 Å². The number of amides is 1. The molecule has 1 aliphatic heterocycles. The first kappa shape index (κ1) is 19.8. The summed E-state index contributed by atoms with van der Waals surface area (Å²) in [6.45, 7) is 2.44. The van der Waals surface area contributed by atoms with Crippen LogP contribution >= 0.6 is 11.6 Å². The van der Waals surface area contributed by atoms with Crippen molar-refractivity contribution in [3.63, 3.8) is 0 Å². The molecule has 1 aliphatic rings. The predicted molar refractivity (Wildman–Crippen MR) is 102 cm³/mol. The molecule has 1 fully saturated rings. The van der Waals surface area contributed by atoms with Gasteiger partial charge in [0.05, 0.1) is 11.6 Å². The molecule has 6 nitrogen and oxygen atoms in total. The fourth-order valence-corrected chi connectivity index (χ4v) is 4.49. The Balaban J connectivity index is 1.62.